The van der Waals surface area contributed by atoms with Gasteiger partial charge in [0.05, 0.1) is 17.8 Å². The van der Waals surface area contributed by atoms with Crippen molar-refractivity contribution in [3.63, 3.8) is 0 Å². The number of nitrogens with two attached hydrogens (primary N) is 2. The van der Waals surface area contributed by atoms with E-state index in [2.05, 4.69) is 15.0 Å². The number of urea groups is 2. The van der Waals surface area contributed by atoms with Crippen LogP contribution in [-0.4, -0.2) is 98.5 Å². The molecule has 0 bridgehead atoms. The molecule has 0 atom stereocenters. The van der Waals surface area contributed by atoms with Gasteiger partial charge < -0.3 is 45.5 Å². The highest BCUT2D eigenvalue weighted by molar-refractivity contribution is 6.24. The molecule has 488 valence electrons. The highest BCUT2D eigenvalue weighted by Gasteiger charge is 2.16. The summed E-state index contributed by atoms with van der Waals surface area (Å²) in [6.07, 6.45) is 23.3. The van der Waals surface area contributed by atoms with Crippen LogP contribution in [0.3, 0.4) is 0 Å². The second-order valence-corrected chi connectivity index (χ2v) is 20.4. The van der Waals surface area contributed by atoms with Crippen LogP contribution in [0, 0.1) is 0 Å². The lowest BCUT2D eigenvalue weighted by Gasteiger charge is -2.14. The zero-order valence-electron chi connectivity index (χ0n) is 52.4. The zero-order chi connectivity index (χ0) is 69.5. The number of carbonyl (C=O) groups is 8. The Hall–Kier alpha value is -13.6. The minimum Gasteiger partial charge on any atom is -0.478 e. The monoisotopic (exact) mass is 1300 g/mol. The molecular weight excluding hydrogens is 1240 g/mol. The van der Waals surface area contributed by atoms with Crippen LogP contribution in [0.15, 0.2) is 237 Å². The Morgan fingerprint density at radius 2 is 0.701 bits per heavy atom. The van der Waals surface area contributed by atoms with Crippen LogP contribution in [0.25, 0.3) is 53.2 Å². The van der Waals surface area contributed by atoms with Crippen molar-refractivity contribution in [2.75, 3.05) is 20.7 Å². The number of aromatic nitrogens is 3. The van der Waals surface area contributed by atoms with Gasteiger partial charge in [-0.2, -0.15) is 0 Å². The standard InChI is InChI=1S/C26H24N4O4.C25H21NO5.C24H19N3O5/c1-30(2)25(32)23(16-19-4-3-15-28-17-19)20-8-12-22(13-9-20)34-21-10-5-18(6-11-21)7-14-24(31)29-26(27)33;1-2-30-24(27)14-7-18-5-10-21(11-6-18)31-22-12-8-20(9-13-22)23(25(28)29)16-19-4-3-15-26-17-19;25-24(31)27-22(28)12-5-16-3-8-19(9-4-16)32-20-10-6-18(7-11-20)21(23(29)30)14-17-2-1-13-26-15-17/h3-17H,1-2H3,(H3,27,29,31,33);3-17H,2H2,1H3,(H,28,29);1-15H,(H,29,30)(H3,25,27,28,31)/b2*14-7+,23-16+;12-5+,21-14+. The first-order valence-corrected chi connectivity index (χ1v) is 29.4. The van der Waals surface area contributed by atoms with Gasteiger partial charge in [0, 0.05) is 75.1 Å². The van der Waals surface area contributed by atoms with Crippen molar-refractivity contribution in [3.05, 3.63) is 287 Å². The van der Waals surface area contributed by atoms with Gasteiger partial charge in [-0.05, 0) is 184 Å². The van der Waals surface area contributed by atoms with Crippen LogP contribution in [0.5, 0.6) is 34.5 Å². The smallest absolute Gasteiger partial charge is 0.336 e. The molecule has 22 heteroatoms. The predicted molar refractivity (Wildman–Crippen MR) is 368 cm³/mol. The van der Waals surface area contributed by atoms with E-state index in [0.717, 1.165) is 27.8 Å². The maximum Gasteiger partial charge on any atom is 0.336 e. The van der Waals surface area contributed by atoms with Crippen molar-refractivity contribution in [1.82, 2.24) is 30.5 Å². The van der Waals surface area contributed by atoms with Gasteiger partial charge in [0.15, 0.2) is 0 Å². The average molecular weight is 1300 g/mol. The quantitative estimate of drug-likeness (QED) is 0.0271. The minimum atomic E-state index is -1.05. The van der Waals surface area contributed by atoms with Crippen LogP contribution >= 0.6 is 0 Å². The molecule has 6 aromatic carbocycles. The van der Waals surface area contributed by atoms with Gasteiger partial charge in [0.1, 0.15) is 34.5 Å². The Bertz CT molecular complexity index is 4370. The van der Waals surface area contributed by atoms with Gasteiger partial charge in [-0.25, -0.2) is 24.0 Å². The Balaban J connectivity index is 0.000000205. The summed E-state index contributed by atoms with van der Waals surface area (Å²) in [5.41, 5.74) is 17.0. The Labute approximate surface area is 557 Å². The van der Waals surface area contributed by atoms with E-state index in [1.54, 1.807) is 234 Å². The SMILES string of the molecule is CCOC(=O)/C=C/c1ccc(Oc2ccc(/C(=C\c3cccnc3)C(=O)O)cc2)cc1.CN(C)C(=O)/C(=C/c1cccnc1)c1ccc(Oc2ccc(/C=C/C(=O)NC(N)=O)cc2)cc1.NC(=O)NC(=O)/C=C/c1ccc(Oc2ccc(/C(=C\c3cccnc3)C(=O)O)cc2)cc1. The number of primary amides is 2. The van der Waals surface area contributed by atoms with E-state index < -0.39 is 35.8 Å². The summed E-state index contributed by atoms with van der Waals surface area (Å²) in [5.74, 6) is -0.312. The average Bonchev–Trinajstić information content (AvgIpc) is 0.957. The summed E-state index contributed by atoms with van der Waals surface area (Å²) in [4.78, 5) is 105. The Morgan fingerprint density at radius 1 is 0.412 bits per heavy atom. The molecule has 97 heavy (non-hydrogen) atoms. The summed E-state index contributed by atoms with van der Waals surface area (Å²) < 4.78 is 22.3. The number of hydrogen-bond acceptors (Lipinski definition) is 15. The molecule has 9 rings (SSSR count). The maximum atomic E-state index is 12.8. The molecule has 3 heterocycles. The van der Waals surface area contributed by atoms with E-state index >= 15 is 0 Å². The molecule has 0 aliphatic heterocycles. The number of nitrogens with zero attached hydrogens (tertiary/aromatic N) is 4. The first kappa shape index (κ1) is 70.8. The number of carboxylic acid groups (broad SMARTS) is 2. The number of benzene rings is 6. The summed E-state index contributed by atoms with van der Waals surface area (Å²) in [5, 5.41) is 23.0. The van der Waals surface area contributed by atoms with Crippen molar-refractivity contribution in [1.29, 1.82) is 0 Å². The third kappa shape index (κ3) is 24.2. The first-order valence-electron chi connectivity index (χ1n) is 29.4. The molecule has 0 fully saturated rings. The summed E-state index contributed by atoms with van der Waals surface area (Å²) in [7, 11) is 3.42. The molecule has 9 aromatic rings. The van der Waals surface area contributed by atoms with Crippen molar-refractivity contribution in [2.45, 2.75) is 6.92 Å². The number of likely N-dealkylation sites (N-methyl/N-ethyl adjacent to an activating group) is 1. The van der Waals surface area contributed by atoms with E-state index in [9.17, 15) is 48.6 Å². The second kappa shape index (κ2) is 36.4. The van der Waals surface area contributed by atoms with Crippen LogP contribution in [0.1, 0.15) is 57.0 Å². The number of carboxylic acids is 2. The van der Waals surface area contributed by atoms with Crippen LogP contribution in [0.4, 0.5) is 9.59 Å². The van der Waals surface area contributed by atoms with E-state index in [1.807, 2.05) is 47.0 Å². The fourth-order valence-corrected chi connectivity index (χ4v) is 8.41. The number of rotatable bonds is 22. The van der Waals surface area contributed by atoms with E-state index in [1.165, 1.54) is 29.2 Å². The molecule has 22 nitrogen and oxygen atoms in total. The van der Waals surface area contributed by atoms with E-state index in [0.29, 0.717) is 68.9 Å². The number of carbonyl (C=O) groups excluding carboxylic acids is 6. The van der Waals surface area contributed by atoms with Gasteiger partial charge in [0.2, 0.25) is 0 Å². The molecule has 0 saturated carbocycles. The van der Waals surface area contributed by atoms with Gasteiger partial charge in [-0.1, -0.05) is 91.0 Å². The third-order valence-electron chi connectivity index (χ3n) is 13.0. The van der Waals surface area contributed by atoms with E-state index in [-0.39, 0.29) is 23.0 Å². The largest absolute Gasteiger partial charge is 0.478 e. The van der Waals surface area contributed by atoms with Gasteiger partial charge >= 0.3 is 30.0 Å². The molecule has 0 aliphatic carbocycles. The summed E-state index contributed by atoms with van der Waals surface area (Å²) in [6, 6.07) is 50.8. The molecule has 3 aromatic heterocycles. The number of ether oxygens (including phenoxy) is 4. The topological polar surface area (TPSA) is 332 Å². The van der Waals surface area contributed by atoms with Crippen molar-refractivity contribution in [2.24, 2.45) is 11.5 Å². The normalized spacial score (nSPS) is 11.2. The summed E-state index contributed by atoms with van der Waals surface area (Å²) >= 11 is 0. The summed E-state index contributed by atoms with van der Waals surface area (Å²) in [6.45, 7) is 2.09. The lowest BCUT2D eigenvalue weighted by Crippen LogP contribution is -2.33. The lowest BCUT2D eigenvalue weighted by molar-refractivity contribution is -0.137. The molecule has 0 aliphatic rings. The van der Waals surface area contributed by atoms with E-state index in [4.69, 9.17) is 30.4 Å². The third-order valence-corrected chi connectivity index (χ3v) is 13.0. The van der Waals surface area contributed by atoms with Crippen LogP contribution in [0.2, 0.25) is 0 Å². The van der Waals surface area contributed by atoms with Crippen LogP contribution < -0.4 is 36.3 Å². The van der Waals surface area contributed by atoms with Crippen LogP contribution in [-0.2, 0) is 33.5 Å². The Morgan fingerprint density at radius 3 is 0.969 bits per heavy atom. The van der Waals surface area contributed by atoms with Gasteiger partial charge in [-0.15, -0.1) is 0 Å². The molecule has 0 spiro atoms. The number of aliphatic carboxylic acids is 2. The maximum absolute atomic E-state index is 12.8. The number of imide groups is 2. The predicted octanol–water partition coefficient (Wildman–Crippen LogP) is 12.5. The molecule has 8 N–H and O–H groups in total. The highest BCUT2D eigenvalue weighted by atomic mass is 16.5. The van der Waals surface area contributed by atoms with Crippen molar-refractivity contribution < 1.29 is 67.5 Å². The second-order valence-electron chi connectivity index (χ2n) is 20.4. The van der Waals surface area contributed by atoms with Gasteiger partial charge in [0.25, 0.3) is 17.7 Å². The molecule has 0 unspecified atom stereocenters. The highest BCUT2D eigenvalue weighted by Crippen LogP contribution is 2.30. The number of pyridine rings is 3. The Kier molecular flexibility index (Phi) is 26.6. The fraction of sp³-hybridized carbons (Fsp3) is 0.0533. The molecule has 0 radical (unpaired) electrons. The lowest BCUT2D eigenvalue weighted by atomic mass is 10.0. The molecule has 0 saturated heterocycles. The molecule has 7 amide bonds. The number of amides is 7. The number of esters is 1. The van der Waals surface area contributed by atoms with Crippen molar-refractivity contribution in [3.8, 4) is 34.5 Å². The minimum absolute atomic E-state index is 0.120. The zero-order valence-corrected chi connectivity index (χ0v) is 52.4. The molecular formula is C75H64N8O14. The number of hydrogen-bond donors (Lipinski definition) is 6. The van der Waals surface area contributed by atoms with Gasteiger partial charge in [-0.3, -0.25) is 40.0 Å². The first-order chi connectivity index (χ1) is 46.8. The fourth-order valence-electron chi connectivity index (χ4n) is 8.41. The number of nitrogens with one attached hydrogen (secondary N) is 2. The van der Waals surface area contributed by atoms with Crippen molar-refractivity contribution >= 4 is 101 Å².